The van der Waals surface area contributed by atoms with E-state index < -0.39 is 0 Å². The highest BCUT2D eigenvalue weighted by molar-refractivity contribution is 6.10. The van der Waals surface area contributed by atoms with Gasteiger partial charge in [-0.1, -0.05) is 6.07 Å². The van der Waals surface area contributed by atoms with Crippen LogP contribution in [0.2, 0.25) is 0 Å². The van der Waals surface area contributed by atoms with E-state index in [0.717, 1.165) is 22.4 Å². The van der Waals surface area contributed by atoms with Crippen molar-refractivity contribution >= 4 is 17.6 Å². The first-order valence-corrected chi connectivity index (χ1v) is 12.1. The van der Waals surface area contributed by atoms with Gasteiger partial charge < -0.3 is 19.5 Å². The van der Waals surface area contributed by atoms with Crippen molar-refractivity contribution in [1.82, 2.24) is 10.3 Å². The number of aromatic nitrogens is 1. The summed E-state index contributed by atoms with van der Waals surface area (Å²) in [5, 5.41) is 6.17. The third-order valence-electron chi connectivity index (χ3n) is 5.06. The van der Waals surface area contributed by atoms with Gasteiger partial charge in [-0.15, -0.1) is 0 Å². The highest BCUT2D eigenvalue weighted by Crippen LogP contribution is 2.39. The zero-order chi connectivity index (χ0) is 25.9. The molecule has 8 nitrogen and oxygen atoms in total. The number of carbonyl (C=O) groups excluding carboxylic acids is 1. The number of aliphatic imine (C=N–C) groups is 1. The van der Waals surface area contributed by atoms with Crippen molar-refractivity contribution < 1.29 is 19.0 Å². The number of nitrogens with one attached hydrogen (secondary N) is 2. The van der Waals surface area contributed by atoms with Crippen molar-refractivity contribution in [2.75, 3.05) is 25.1 Å². The van der Waals surface area contributed by atoms with Gasteiger partial charge in [0.05, 0.1) is 26.4 Å². The zero-order valence-electron chi connectivity index (χ0n) is 21.6. The lowest BCUT2D eigenvalue weighted by Gasteiger charge is -2.18. The fourth-order valence-electron chi connectivity index (χ4n) is 3.65. The highest BCUT2D eigenvalue weighted by atomic mass is 16.5. The molecule has 1 heterocycles. The van der Waals surface area contributed by atoms with E-state index in [1.807, 2.05) is 58.9 Å². The first-order valence-electron chi connectivity index (χ1n) is 12.1. The summed E-state index contributed by atoms with van der Waals surface area (Å²) >= 11 is 0. The van der Waals surface area contributed by atoms with Crippen molar-refractivity contribution in [3.05, 3.63) is 77.1 Å². The van der Waals surface area contributed by atoms with Crippen LogP contribution < -0.4 is 24.8 Å². The van der Waals surface area contributed by atoms with Crippen molar-refractivity contribution in [3.63, 3.8) is 0 Å². The summed E-state index contributed by atoms with van der Waals surface area (Å²) in [6.07, 6.45) is 3.43. The fourth-order valence-corrected chi connectivity index (χ4v) is 3.65. The van der Waals surface area contributed by atoms with E-state index in [1.54, 1.807) is 24.5 Å². The summed E-state index contributed by atoms with van der Waals surface area (Å²) < 4.78 is 17.3. The van der Waals surface area contributed by atoms with E-state index in [1.165, 1.54) is 0 Å². The molecule has 0 aliphatic heterocycles. The van der Waals surface area contributed by atoms with Crippen molar-refractivity contribution in [1.29, 1.82) is 0 Å². The molecule has 3 rings (SSSR count). The highest BCUT2D eigenvalue weighted by Gasteiger charge is 2.19. The van der Waals surface area contributed by atoms with Gasteiger partial charge >= 0.3 is 0 Å². The minimum absolute atomic E-state index is 0.326. The third kappa shape index (κ3) is 7.46. The lowest BCUT2D eigenvalue weighted by molar-refractivity contribution is 0.0975. The van der Waals surface area contributed by atoms with Gasteiger partial charge in [0.2, 0.25) is 11.7 Å². The summed E-state index contributed by atoms with van der Waals surface area (Å²) in [5.74, 6) is 1.36. The Balaban J connectivity index is 1.93. The maximum Gasteiger partial charge on any atom is 0.258 e. The molecule has 190 valence electrons. The summed E-state index contributed by atoms with van der Waals surface area (Å²) in [7, 11) is 0. The largest absolute Gasteiger partial charge is 0.490 e. The van der Waals surface area contributed by atoms with E-state index >= 15 is 0 Å². The first-order chi connectivity index (χ1) is 17.4. The number of anilines is 1. The lowest BCUT2D eigenvalue weighted by Crippen LogP contribution is -2.36. The summed E-state index contributed by atoms with van der Waals surface area (Å²) in [6.45, 7) is 11.3. The van der Waals surface area contributed by atoms with Crippen molar-refractivity contribution in [2.24, 2.45) is 4.99 Å². The van der Waals surface area contributed by atoms with Crippen LogP contribution in [0.4, 0.5) is 5.69 Å². The molecule has 1 amide bonds. The Morgan fingerprint density at radius 2 is 1.44 bits per heavy atom. The average molecular weight is 491 g/mol. The molecule has 0 aliphatic carbocycles. The second-order valence-corrected chi connectivity index (χ2v) is 8.08. The number of hydrogen-bond acceptors (Lipinski definition) is 6. The van der Waals surface area contributed by atoms with Gasteiger partial charge in [-0.05, 0) is 87.7 Å². The molecule has 0 radical (unpaired) electrons. The number of amides is 1. The molecule has 3 aromatic rings. The zero-order valence-corrected chi connectivity index (χ0v) is 21.6. The first kappa shape index (κ1) is 26.5. The van der Waals surface area contributed by atoms with Gasteiger partial charge in [0.25, 0.3) is 5.91 Å². The van der Waals surface area contributed by atoms with E-state index in [9.17, 15) is 4.79 Å². The Bertz CT molecular complexity index is 1150. The SMILES string of the molecule is CCOc1cc(C(=O)NC(=NCc2ccncc2)Nc2cc(C)cc(C)c2)cc(OCC)c1OCC. The normalized spacial score (nSPS) is 11.1. The molecule has 1 aromatic heterocycles. The van der Waals surface area contributed by atoms with Gasteiger partial charge in [-0.2, -0.15) is 0 Å². The van der Waals surface area contributed by atoms with Crippen molar-refractivity contribution in [2.45, 2.75) is 41.2 Å². The molecule has 0 aliphatic rings. The number of nitrogens with zero attached hydrogens (tertiary/aromatic N) is 2. The maximum atomic E-state index is 13.4. The number of benzene rings is 2. The standard InChI is InChI=1S/C28H34N4O4/c1-6-34-24-16-22(17-25(35-7-2)26(24)36-8-3)27(33)32-28(30-18-21-9-11-29-12-10-21)31-23-14-19(4)13-20(5)15-23/h9-17H,6-8,18H2,1-5H3,(H2,30,31,32,33). The molecular formula is C28H34N4O4. The Morgan fingerprint density at radius 3 is 2.00 bits per heavy atom. The van der Waals surface area contributed by atoms with Crippen LogP contribution in [-0.4, -0.2) is 36.7 Å². The van der Waals surface area contributed by atoms with Crippen LogP contribution in [0, 0.1) is 13.8 Å². The Kier molecular flexibility index (Phi) is 9.68. The number of carbonyl (C=O) groups is 1. The topological polar surface area (TPSA) is 94.1 Å². The second-order valence-electron chi connectivity index (χ2n) is 8.08. The monoisotopic (exact) mass is 490 g/mol. The van der Waals surface area contributed by atoms with Gasteiger partial charge in [0.1, 0.15) is 0 Å². The van der Waals surface area contributed by atoms with E-state index in [-0.39, 0.29) is 5.91 Å². The fraction of sp³-hybridized carbons (Fsp3) is 0.321. The molecule has 0 saturated carbocycles. The molecule has 0 unspecified atom stereocenters. The molecule has 0 bridgehead atoms. The van der Waals surface area contributed by atoms with Crippen LogP contribution in [0.15, 0.2) is 59.9 Å². The summed E-state index contributed by atoms with van der Waals surface area (Å²) in [4.78, 5) is 22.1. The van der Waals surface area contributed by atoms with Gasteiger partial charge in [-0.25, -0.2) is 4.99 Å². The summed E-state index contributed by atoms with van der Waals surface area (Å²) in [6, 6.07) is 13.2. The Hall–Kier alpha value is -4.07. The van der Waals surface area contributed by atoms with Crippen LogP contribution in [0.3, 0.4) is 0 Å². The molecule has 0 spiro atoms. The molecule has 0 atom stereocenters. The Morgan fingerprint density at radius 1 is 0.861 bits per heavy atom. The van der Waals surface area contributed by atoms with Crippen LogP contribution in [0.25, 0.3) is 0 Å². The van der Waals surface area contributed by atoms with Crippen molar-refractivity contribution in [3.8, 4) is 17.2 Å². The average Bonchev–Trinajstić information content (AvgIpc) is 2.84. The molecule has 2 N–H and O–H groups in total. The molecule has 2 aromatic carbocycles. The second kappa shape index (κ2) is 13.1. The quantitative estimate of drug-likeness (QED) is 0.296. The minimum atomic E-state index is -0.356. The van der Waals surface area contributed by atoms with E-state index in [2.05, 4.69) is 26.7 Å². The third-order valence-corrected chi connectivity index (χ3v) is 5.06. The number of ether oxygens (including phenoxy) is 3. The van der Waals surface area contributed by atoms with Gasteiger partial charge in [0.15, 0.2) is 11.5 Å². The lowest BCUT2D eigenvalue weighted by atomic mass is 10.1. The number of guanidine groups is 1. The Labute approximate surface area is 212 Å². The maximum absolute atomic E-state index is 13.4. The van der Waals surface area contributed by atoms with Crippen LogP contribution in [-0.2, 0) is 6.54 Å². The van der Waals surface area contributed by atoms with E-state index in [0.29, 0.717) is 55.1 Å². The van der Waals surface area contributed by atoms with Crippen LogP contribution in [0.5, 0.6) is 17.2 Å². The van der Waals surface area contributed by atoms with Gasteiger partial charge in [-0.3, -0.25) is 15.1 Å². The van der Waals surface area contributed by atoms with Crippen LogP contribution in [0.1, 0.15) is 47.8 Å². The molecule has 0 saturated heterocycles. The van der Waals surface area contributed by atoms with Gasteiger partial charge in [0, 0.05) is 23.6 Å². The number of pyridine rings is 1. The smallest absolute Gasteiger partial charge is 0.258 e. The molecule has 36 heavy (non-hydrogen) atoms. The van der Waals surface area contributed by atoms with Crippen LogP contribution >= 0.6 is 0 Å². The van der Waals surface area contributed by atoms with E-state index in [4.69, 9.17) is 14.2 Å². The molecule has 8 heteroatoms. The number of rotatable bonds is 10. The number of aryl methyl sites for hydroxylation is 2. The minimum Gasteiger partial charge on any atom is -0.490 e. The molecule has 0 fully saturated rings. The predicted molar refractivity (Wildman–Crippen MR) is 142 cm³/mol. The molecular weight excluding hydrogens is 456 g/mol. The summed E-state index contributed by atoms with van der Waals surface area (Å²) in [5.41, 5.74) is 4.37. The predicted octanol–water partition coefficient (Wildman–Crippen LogP) is 5.29. The number of hydrogen-bond donors (Lipinski definition) is 2.